The molecule has 3 nitrogen and oxygen atoms in total. The molecule has 5 heteroatoms. The normalized spacial score (nSPS) is 20.3. The van der Waals surface area contributed by atoms with Gasteiger partial charge in [-0.15, -0.1) is 11.3 Å². The van der Waals surface area contributed by atoms with Crippen molar-refractivity contribution in [2.45, 2.75) is 161 Å². The molecule has 0 N–H and O–H groups in total. The van der Waals surface area contributed by atoms with Gasteiger partial charge in [-0.2, -0.15) is 0 Å². The number of nitrogens with zero attached hydrogens (tertiary/aromatic N) is 2. The Morgan fingerprint density at radius 3 is 1.68 bits per heavy atom. The largest absolute Gasteiger partial charge is 0.456 e. The topological polar surface area (TPSA) is 19.6 Å². The number of hydrogen-bond donors (Lipinski definition) is 0. The molecular weight excluding hydrogens is 892 g/mol. The number of rotatable bonds is 2. The molecule has 7 aromatic carbocycles. The highest BCUT2D eigenvalue weighted by Crippen LogP contribution is 2.58. The summed E-state index contributed by atoms with van der Waals surface area (Å²) < 4.78 is 9.88. The molecule has 9 aromatic rings. The van der Waals surface area contributed by atoms with Gasteiger partial charge in [-0.3, -0.25) is 0 Å². The minimum atomic E-state index is -0.146. The highest BCUT2D eigenvalue weighted by atomic mass is 32.1. The summed E-state index contributed by atoms with van der Waals surface area (Å²) in [6.07, 6.45) is 7.01. The molecule has 0 amide bonds. The van der Waals surface area contributed by atoms with Crippen molar-refractivity contribution in [1.29, 1.82) is 0 Å². The minimum absolute atomic E-state index is 0.0120. The molecule has 0 radical (unpaired) electrons. The molecule has 2 aromatic heterocycles. The van der Waals surface area contributed by atoms with Gasteiger partial charge in [-0.1, -0.05) is 138 Å². The zero-order chi connectivity index (χ0) is 50.0. The molecule has 0 atom stereocenters. The van der Waals surface area contributed by atoms with E-state index in [2.05, 4.69) is 209 Å². The van der Waals surface area contributed by atoms with Gasteiger partial charge in [0.05, 0.1) is 0 Å². The molecule has 2 aliphatic heterocycles. The van der Waals surface area contributed by atoms with Crippen molar-refractivity contribution >= 4 is 99.7 Å². The smallest absolute Gasteiger partial charge is 0.334 e. The van der Waals surface area contributed by atoms with Crippen LogP contribution in [0.1, 0.15) is 161 Å². The monoisotopic (exact) mass is 961 g/mol. The van der Waals surface area contributed by atoms with Gasteiger partial charge in [0.15, 0.2) is 0 Å². The lowest BCUT2D eigenvalue weighted by molar-refractivity contribution is 0.332. The van der Waals surface area contributed by atoms with E-state index in [1.165, 1.54) is 140 Å². The first-order valence-corrected chi connectivity index (χ1v) is 27.9. The molecule has 0 saturated heterocycles. The average Bonchev–Trinajstić information content (AvgIpc) is 3.91. The number of benzene rings is 7. The summed E-state index contributed by atoms with van der Waals surface area (Å²) in [6, 6.07) is 43.5. The van der Waals surface area contributed by atoms with E-state index in [-0.39, 0.29) is 39.3 Å². The van der Waals surface area contributed by atoms with Crippen LogP contribution in [-0.2, 0) is 32.5 Å². The van der Waals surface area contributed by atoms with Gasteiger partial charge in [-0.25, -0.2) is 0 Å². The van der Waals surface area contributed by atoms with Crippen LogP contribution in [-0.4, -0.2) is 6.85 Å². The molecule has 4 heterocycles. The Hall–Kier alpha value is -5.78. The highest BCUT2D eigenvalue weighted by molar-refractivity contribution is 7.27. The van der Waals surface area contributed by atoms with Crippen LogP contribution in [0.2, 0.25) is 0 Å². The van der Waals surface area contributed by atoms with Crippen molar-refractivity contribution in [1.82, 2.24) is 0 Å². The van der Waals surface area contributed by atoms with Gasteiger partial charge in [0.1, 0.15) is 11.2 Å². The third-order valence-corrected chi connectivity index (χ3v) is 20.8. The van der Waals surface area contributed by atoms with Crippen molar-refractivity contribution in [3.63, 3.8) is 0 Å². The summed E-state index contributed by atoms with van der Waals surface area (Å²) in [7, 11) is 0. The maximum absolute atomic E-state index is 7.16. The first-order chi connectivity index (χ1) is 34.1. The van der Waals surface area contributed by atoms with Crippen molar-refractivity contribution in [3.8, 4) is 11.1 Å². The van der Waals surface area contributed by atoms with E-state index in [4.69, 9.17) is 4.42 Å². The maximum Gasteiger partial charge on any atom is 0.334 e. The molecule has 0 bridgehead atoms. The fraction of sp³-hybridized carbons (Fsp3) is 0.373. The predicted molar refractivity (Wildman–Crippen MR) is 311 cm³/mol. The van der Waals surface area contributed by atoms with E-state index >= 15 is 0 Å². The Labute approximate surface area is 431 Å². The summed E-state index contributed by atoms with van der Waals surface area (Å²) >= 11 is 1.98. The molecule has 0 unspecified atom stereocenters. The zero-order valence-electron chi connectivity index (χ0n) is 44.9. The van der Waals surface area contributed by atoms with E-state index in [1.807, 2.05) is 11.3 Å². The molecule has 3 aliphatic carbocycles. The summed E-state index contributed by atoms with van der Waals surface area (Å²) in [5.74, 6) is 0. The third-order valence-electron chi connectivity index (χ3n) is 19.6. The van der Waals surface area contributed by atoms with Crippen LogP contribution in [0.25, 0.3) is 53.2 Å². The Morgan fingerprint density at radius 1 is 0.458 bits per heavy atom. The summed E-state index contributed by atoms with van der Waals surface area (Å²) in [5, 5.41) is 5.09. The first kappa shape index (κ1) is 44.9. The standard InChI is InChI=1S/C67H69BN2OS/c1-38-32-45-48(66(10,11)30-28-63(45,4)5)35-51(38)69-50-25-23-41-40-18-15-17-21-56(40)72-61(41)60(50)68-59-53(69)37-55-57(42-19-14-16-20-54(42)71-55)58(59)43-34-47-49(67(12,13)31-29-65(47,8)9)36-52(43)70(68)39-22-24-44-46(33-39)64(6,7)27-26-62(44,2)3/h14-25,32-37H,26-31H2,1-13H3. The fourth-order valence-corrected chi connectivity index (χ4v) is 16.1. The Morgan fingerprint density at radius 2 is 1.01 bits per heavy atom. The fourth-order valence-electron chi connectivity index (χ4n) is 14.8. The van der Waals surface area contributed by atoms with E-state index in [0.29, 0.717) is 0 Å². The number of aryl methyl sites for hydroxylation is 1. The molecule has 14 rings (SSSR count). The van der Waals surface area contributed by atoms with Gasteiger partial charge in [0, 0.05) is 71.0 Å². The quantitative estimate of drug-likeness (QED) is 0.161. The van der Waals surface area contributed by atoms with Gasteiger partial charge in [0.25, 0.3) is 0 Å². The average molecular weight is 961 g/mol. The van der Waals surface area contributed by atoms with Gasteiger partial charge in [0.2, 0.25) is 0 Å². The van der Waals surface area contributed by atoms with Crippen LogP contribution >= 0.6 is 11.3 Å². The minimum Gasteiger partial charge on any atom is -0.456 e. The van der Waals surface area contributed by atoms with Crippen molar-refractivity contribution < 1.29 is 4.42 Å². The number of anilines is 5. The molecule has 0 fully saturated rings. The number of hydrogen-bond acceptors (Lipinski definition) is 4. The summed E-state index contributed by atoms with van der Waals surface area (Å²) in [5.41, 5.74) is 24.2. The number of thiophene rings is 1. The first-order valence-electron chi connectivity index (χ1n) is 27.1. The lowest BCUT2D eigenvalue weighted by Gasteiger charge is -2.49. The van der Waals surface area contributed by atoms with Gasteiger partial charge >= 0.3 is 6.85 Å². The van der Waals surface area contributed by atoms with E-state index in [1.54, 1.807) is 0 Å². The Kier molecular flexibility index (Phi) is 8.91. The van der Waals surface area contributed by atoms with Crippen LogP contribution in [0.5, 0.6) is 0 Å². The van der Waals surface area contributed by atoms with Crippen LogP contribution < -0.4 is 20.6 Å². The molecular formula is C67H69BN2OS. The second-order valence-corrected chi connectivity index (χ2v) is 27.9. The SMILES string of the molecule is Cc1cc2c(cc1N1c3cc4oc5ccccc5c4c4c3B(c3c1ccc1c3sc3ccccc31)N(c1ccc3c(c1)C(C)(C)CCC3(C)C)c1cc3c(cc1-4)C(C)(C)CCC3(C)C)C(C)(C)CCC2(C)C. The molecule has 72 heavy (non-hydrogen) atoms. The van der Waals surface area contributed by atoms with Crippen LogP contribution in [0, 0.1) is 6.92 Å². The highest BCUT2D eigenvalue weighted by Gasteiger charge is 2.51. The van der Waals surface area contributed by atoms with Gasteiger partial charge < -0.3 is 14.1 Å². The van der Waals surface area contributed by atoms with E-state index in [9.17, 15) is 0 Å². The number of furan rings is 1. The van der Waals surface area contributed by atoms with Crippen molar-refractivity contribution in [2.75, 3.05) is 9.71 Å². The van der Waals surface area contributed by atoms with E-state index < -0.39 is 0 Å². The third kappa shape index (κ3) is 5.98. The van der Waals surface area contributed by atoms with Crippen LogP contribution in [0.4, 0.5) is 28.4 Å². The zero-order valence-corrected chi connectivity index (χ0v) is 45.7. The molecule has 0 spiro atoms. The van der Waals surface area contributed by atoms with Crippen molar-refractivity contribution in [3.05, 3.63) is 148 Å². The summed E-state index contributed by atoms with van der Waals surface area (Å²) in [4.78, 5) is 5.54. The molecule has 0 saturated carbocycles. The second kappa shape index (κ2) is 14.3. The van der Waals surface area contributed by atoms with Crippen molar-refractivity contribution in [2.24, 2.45) is 0 Å². The predicted octanol–water partition coefficient (Wildman–Crippen LogP) is 18.0. The molecule has 5 aliphatic rings. The van der Waals surface area contributed by atoms with Crippen LogP contribution in [0.3, 0.4) is 0 Å². The Bertz CT molecular complexity index is 3870. The van der Waals surface area contributed by atoms with Crippen LogP contribution in [0.15, 0.2) is 114 Å². The maximum atomic E-state index is 7.16. The van der Waals surface area contributed by atoms with Gasteiger partial charge in [-0.05, 0) is 182 Å². The van der Waals surface area contributed by atoms with E-state index in [0.717, 1.165) is 30.4 Å². The molecule has 362 valence electrons. The lowest BCUT2D eigenvalue weighted by Crippen LogP contribution is -2.62. The summed E-state index contributed by atoms with van der Waals surface area (Å²) in [6.45, 7) is 32.0. The second-order valence-electron chi connectivity index (χ2n) is 26.9. The Balaban J connectivity index is 1.19. The lowest BCUT2D eigenvalue weighted by atomic mass is 9.42. The number of para-hydroxylation sites is 1. The number of fused-ring (bicyclic) bond motifs is 15.